The third-order valence-corrected chi connectivity index (χ3v) is 6.36. The van der Waals surface area contributed by atoms with Crippen LogP contribution in [0.2, 0.25) is 0 Å². The Balaban J connectivity index is 1.98. The van der Waals surface area contributed by atoms with Gasteiger partial charge in [0.2, 0.25) is 0 Å². The van der Waals surface area contributed by atoms with Gasteiger partial charge in [0.05, 0.1) is 5.69 Å². The molecule has 1 amide bonds. The van der Waals surface area contributed by atoms with Crippen LogP contribution < -0.4 is 0 Å². The Morgan fingerprint density at radius 1 is 0.974 bits per heavy atom. The molecule has 1 aromatic heterocycles. The van der Waals surface area contributed by atoms with Crippen LogP contribution in [0.5, 0.6) is 0 Å². The number of esters is 4. The van der Waals surface area contributed by atoms with Crippen LogP contribution >= 0.6 is 11.8 Å². The normalized spacial score (nSPS) is 26.0. The lowest BCUT2D eigenvalue weighted by Crippen LogP contribution is -2.61. The van der Waals surface area contributed by atoms with Crippen LogP contribution in [0.25, 0.3) is 6.08 Å². The number of likely N-dealkylation sites (N-methyl/N-ethyl adjacent to an activating group) is 1. The third-order valence-electron chi connectivity index (χ3n) is 5.17. The molecule has 0 unspecified atom stereocenters. The molecular formula is C24H27N3O10S. The van der Waals surface area contributed by atoms with Gasteiger partial charge in [0.25, 0.3) is 5.91 Å². The minimum atomic E-state index is -1.32. The van der Waals surface area contributed by atoms with E-state index in [-0.39, 0.29) is 17.5 Å². The van der Waals surface area contributed by atoms with Gasteiger partial charge >= 0.3 is 23.9 Å². The zero-order chi connectivity index (χ0) is 28.0. The number of aliphatic imine (C=N–C) groups is 1. The van der Waals surface area contributed by atoms with E-state index in [2.05, 4.69) is 9.98 Å². The highest BCUT2D eigenvalue weighted by molar-refractivity contribution is 8.14. The molecule has 2 aliphatic rings. The summed E-state index contributed by atoms with van der Waals surface area (Å²) in [4.78, 5) is 70.0. The molecule has 1 saturated heterocycles. The molecule has 5 atom stereocenters. The Bertz CT molecular complexity index is 1160. The molecule has 0 saturated carbocycles. The van der Waals surface area contributed by atoms with Crippen molar-refractivity contribution in [2.24, 2.45) is 4.99 Å². The maximum absolute atomic E-state index is 12.8. The Kier molecular flexibility index (Phi) is 9.58. The minimum absolute atomic E-state index is 0.110. The smallest absolute Gasteiger partial charge is 0.303 e. The molecule has 0 aromatic carbocycles. The Labute approximate surface area is 222 Å². The fourth-order valence-corrected chi connectivity index (χ4v) is 4.82. The standard InChI is InChI=1S/C24H27N3O10S/c1-12(28)33-11-18-19(34-13(2)29)20(35-14(3)30)21(36-15(4)31)23(37-18)38-24-26-17(22(32)27(24)5)10-16-8-6-7-9-25-16/h6-10,18-21,23H,11H2,1-5H3/b17-10+/t18-,19+,20+,21-,23+/m1/s1. The molecule has 14 heteroatoms. The predicted octanol–water partition coefficient (Wildman–Crippen LogP) is 1.07. The summed E-state index contributed by atoms with van der Waals surface area (Å²) >= 11 is 0.916. The van der Waals surface area contributed by atoms with Crippen LogP contribution in [-0.4, -0.2) is 88.3 Å². The van der Waals surface area contributed by atoms with Crippen molar-refractivity contribution in [2.45, 2.75) is 57.5 Å². The van der Waals surface area contributed by atoms with E-state index in [4.69, 9.17) is 23.7 Å². The molecule has 1 aromatic rings. The molecule has 2 aliphatic heterocycles. The van der Waals surface area contributed by atoms with Crippen molar-refractivity contribution in [3.8, 4) is 0 Å². The van der Waals surface area contributed by atoms with E-state index in [1.807, 2.05) is 0 Å². The summed E-state index contributed by atoms with van der Waals surface area (Å²) in [5.74, 6) is -3.24. The number of hydrogen-bond acceptors (Lipinski definition) is 13. The predicted molar refractivity (Wildman–Crippen MR) is 132 cm³/mol. The van der Waals surface area contributed by atoms with E-state index in [9.17, 15) is 24.0 Å². The Morgan fingerprint density at radius 3 is 2.18 bits per heavy atom. The number of nitrogens with zero attached hydrogens (tertiary/aromatic N) is 3. The highest BCUT2D eigenvalue weighted by atomic mass is 32.2. The van der Waals surface area contributed by atoms with Crippen molar-refractivity contribution in [3.05, 3.63) is 35.8 Å². The first-order chi connectivity index (χ1) is 18.0. The zero-order valence-corrected chi connectivity index (χ0v) is 22.1. The van der Waals surface area contributed by atoms with Crippen LogP contribution in [-0.2, 0) is 47.7 Å². The average Bonchev–Trinajstić information content (AvgIpc) is 3.09. The molecular weight excluding hydrogens is 522 g/mol. The summed E-state index contributed by atoms with van der Waals surface area (Å²) in [6, 6.07) is 5.21. The van der Waals surface area contributed by atoms with Crippen molar-refractivity contribution in [1.82, 2.24) is 9.88 Å². The van der Waals surface area contributed by atoms with Crippen LogP contribution in [0, 0.1) is 0 Å². The first kappa shape index (κ1) is 28.8. The Morgan fingerprint density at radius 2 is 1.61 bits per heavy atom. The lowest BCUT2D eigenvalue weighted by atomic mass is 9.99. The first-order valence-corrected chi connectivity index (χ1v) is 12.3. The summed E-state index contributed by atoms with van der Waals surface area (Å²) in [5.41, 5.74) is -0.482. The van der Waals surface area contributed by atoms with Gasteiger partial charge in [-0.3, -0.25) is 33.9 Å². The maximum atomic E-state index is 12.8. The molecule has 13 nitrogen and oxygen atoms in total. The summed E-state index contributed by atoms with van der Waals surface area (Å²) in [5, 5.41) is 0.193. The maximum Gasteiger partial charge on any atom is 0.303 e. The molecule has 204 valence electrons. The largest absolute Gasteiger partial charge is 0.463 e. The number of pyridine rings is 1. The number of carbonyl (C=O) groups is 5. The highest BCUT2D eigenvalue weighted by Crippen LogP contribution is 2.37. The van der Waals surface area contributed by atoms with Gasteiger partial charge in [-0.25, -0.2) is 4.99 Å². The van der Waals surface area contributed by atoms with Gasteiger partial charge in [0.1, 0.15) is 18.4 Å². The van der Waals surface area contributed by atoms with Gasteiger partial charge < -0.3 is 23.7 Å². The van der Waals surface area contributed by atoms with Crippen LogP contribution in [0.3, 0.4) is 0 Å². The minimum Gasteiger partial charge on any atom is -0.463 e. The molecule has 0 aliphatic carbocycles. The topological polar surface area (TPSA) is 160 Å². The lowest BCUT2D eigenvalue weighted by molar-refractivity contribution is -0.237. The molecule has 0 spiro atoms. The molecule has 0 bridgehead atoms. The summed E-state index contributed by atoms with van der Waals surface area (Å²) < 4.78 is 27.4. The summed E-state index contributed by atoms with van der Waals surface area (Å²) in [6.07, 6.45) is -1.90. The second kappa shape index (κ2) is 12.6. The Hall–Kier alpha value is -3.78. The van der Waals surface area contributed by atoms with Crippen molar-refractivity contribution in [2.75, 3.05) is 13.7 Å². The fraction of sp³-hybridized carbons (Fsp3) is 0.458. The SMILES string of the molecule is CC(=O)OC[C@H]1O[C@@H](SC2=N/C(=C/c3ccccn3)C(=O)N2C)[C@H](OC(C)=O)[C@@H](OC(C)=O)[C@H]1OC(C)=O. The molecule has 38 heavy (non-hydrogen) atoms. The number of aromatic nitrogens is 1. The first-order valence-electron chi connectivity index (χ1n) is 11.4. The van der Waals surface area contributed by atoms with Crippen molar-refractivity contribution in [3.63, 3.8) is 0 Å². The number of ether oxygens (including phenoxy) is 5. The second-order valence-electron chi connectivity index (χ2n) is 8.23. The van der Waals surface area contributed by atoms with E-state index in [0.717, 1.165) is 32.5 Å². The molecule has 3 rings (SSSR count). The molecule has 1 fully saturated rings. The quantitative estimate of drug-likeness (QED) is 0.271. The van der Waals surface area contributed by atoms with Gasteiger partial charge in [-0.1, -0.05) is 17.8 Å². The van der Waals surface area contributed by atoms with Crippen molar-refractivity contribution >= 4 is 52.8 Å². The van der Waals surface area contributed by atoms with Gasteiger partial charge in [0.15, 0.2) is 28.9 Å². The average molecular weight is 550 g/mol. The van der Waals surface area contributed by atoms with Crippen LogP contribution in [0.4, 0.5) is 0 Å². The number of rotatable bonds is 7. The van der Waals surface area contributed by atoms with Gasteiger partial charge in [-0.15, -0.1) is 0 Å². The number of carbonyl (C=O) groups excluding carboxylic acids is 5. The second-order valence-corrected chi connectivity index (χ2v) is 9.29. The number of amidine groups is 1. The zero-order valence-electron chi connectivity index (χ0n) is 21.3. The lowest BCUT2D eigenvalue weighted by Gasteiger charge is -2.44. The number of amides is 1. The highest BCUT2D eigenvalue weighted by Gasteiger charge is 2.53. The monoisotopic (exact) mass is 549 g/mol. The van der Waals surface area contributed by atoms with Gasteiger partial charge in [-0.2, -0.15) is 0 Å². The van der Waals surface area contributed by atoms with Gasteiger partial charge in [0, 0.05) is 40.9 Å². The van der Waals surface area contributed by atoms with Crippen LogP contribution in [0.15, 0.2) is 35.1 Å². The van der Waals surface area contributed by atoms with Gasteiger partial charge in [-0.05, 0) is 18.2 Å². The van der Waals surface area contributed by atoms with E-state index < -0.39 is 59.6 Å². The van der Waals surface area contributed by atoms with Crippen molar-refractivity contribution in [1.29, 1.82) is 0 Å². The summed E-state index contributed by atoms with van der Waals surface area (Å²) in [7, 11) is 1.50. The molecule has 0 radical (unpaired) electrons. The fourth-order valence-electron chi connectivity index (χ4n) is 3.67. The van der Waals surface area contributed by atoms with E-state index in [0.29, 0.717) is 5.69 Å². The van der Waals surface area contributed by atoms with E-state index >= 15 is 0 Å². The van der Waals surface area contributed by atoms with Crippen LogP contribution in [0.1, 0.15) is 33.4 Å². The van der Waals surface area contributed by atoms with E-state index in [1.54, 1.807) is 24.4 Å². The number of hydrogen-bond donors (Lipinski definition) is 0. The van der Waals surface area contributed by atoms with E-state index in [1.165, 1.54) is 24.9 Å². The summed E-state index contributed by atoms with van der Waals surface area (Å²) in [6.45, 7) is 4.25. The van der Waals surface area contributed by atoms with Crippen molar-refractivity contribution < 1.29 is 47.7 Å². The third kappa shape index (κ3) is 7.38. The molecule has 3 heterocycles. The molecule has 0 N–H and O–H groups in total. The number of thioether (sulfide) groups is 1.